The van der Waals surface area contributed by atoms with Crippen LogP contribution >= 0.6 is 0 Å². The van der Waals surface area contributed by atoms with Gasteiger partial charge in [0.1, 0.15) is 5.82 Å². The number of piperidine rings is 1. The number of hydrogen-bond acceptors (Lipinski definition) is 5. The van der Waals surface area contributed by atoms with E-state index >= 15 is 0 Å². The minimum Gasteiger partial charge on any atom is -0.393 e. The predicted octanol–water partition coefficient (Wildman–Crippen LogP) is 1.38. The second-order valence-corrected chi connectivity index (χ2v) is 6.45. The third-order valence-electron chi connectivity index (χ3n) is 3.71. The molecule has 0 aliphatic carbocycles. The van der Waals surface area contributed by atoms with E-state index in [1.807, 2.05) is 16.6 Å². The van der Waals surface area contributed by atoms with Crippen molar-refractivity contribution < 1.29 is 5.11 Å². The number of aliphatic hydroxyl groups excluding tert-OH is 1. The van der Waals surface area contributed by atoms with Crippen LogP contribution in [-0.4, -0.2) is 44.1 Å². The van der Waals surface area contributed by atoms with Gasteiger partial charge >= 0.3 is 0 Å². The van der Waals surface area contributed by atoms with E-state index in [0.717, 1.165) is 43.2 Å². The lowest BCUT2D eigenvalue weighted by Gasteiger charge is -2.30. The first-order valence-corrected chi connectivity index (χ1v) is 7.11. The summed E-state index contributed by atoms with van der Waals surface area (Å²) in [6.45, 7) is 8.00. The van der Waals surface area contributed by atoms with Crippen LogP contribution in [0.5, 0.6) is 0 Å². The van der Waals surface area contributed by atoms with E-state index in [2.05, 4.69) is 41.0 Å². The SMILES string of the molecule is CC(C)(C)c1nnc2ccc(N3CCC(O)CC3)nn12. The molecule has 2 aromatic rings. The molecule has 0 saturated carbocycles. The summed E-state index contributed by atoms with van der Waals surface area (Å²) < 4.78 is 1.83. The fourth-order valence-corrected chi connectivity index (χ4v) is 2.51. The smallest absolute Gasteiger partial charge is 0.178 e. The van der Waals surface area contributed by atoms with Crippen molar-refractivity contribution in [3.8, 4) is 0 Å². The van der Waals surface area contributed by atoms with Gasteiger partial charge in [-0.1, -0.05) is 20.8 Å². The Balaban J connectivity index is 1.97. The van der Waals surface area contributed by atoms with E-state index in [-0.39, 0.29) is 11.5 Å². The summed E-state index contributed by atoms with van der Waals surface area (Å²) in [5.41, 5.74) is 0.680. The van der Waals surface area contributed by atoms with Crippen LogP contribution in [0.15, 0.2) is 12.1 Å². The van der Waals surface area contributed by atoms with Crippen LogP contribution in [0.3, 0.4) is 0 Å². The topological polar surface area (TPSA) is 66.5 Å². The molecule has 3 heterocycles. The second-order valence-electron chi connectivity index (χ2n) is 6.45. The van der Waals surface area contributed by atoms with E-state index < -0.39 is 0 Å². The Morgan fingerprint density at radius 1 is 1.15 bits per heavy atom. The minimum atomic E-state index is -0.171. The molecule has 6 heteroatoms. The summed E-state index contributed by atoms with van der Waals surface area (Å²) in [6, 6.07) is 3.93. The molecule has 2 aromatic heterocycles. The zero-order valence-electron chi connectivity index (χ0n) is 12.2. The number of nitrogens with zero attached hydrogens (tertiary/aromatic N) is 5. The highest BCUT2D eigenvalue weighted by molar-refractivity contribution is 5.46. The average Bonchev–Trinajstić information content (AvgIpc) is 2.82. The van der Waals surface area contributed by atoms with Gasteiger partial charge in [0.15, 0.2) is 11.5 Å². The Morgan fingerprint density at radius 3 is 2.50 bits per heavy atom. The quantitative estimate of drug-likeness (QED) is 0.851. The fourth-order valence-electron chi connectivity index (χ4n) is 2.51. The molecule has 0 spiro atoms. The molecule has 0 amide bonds. The van der Waals surface area contributed by atoms with Gasteiger partial charge in [-0.2, -0.15) is 4.52 Å². The van der Waals surface area contributed by atoms with Crippen molar-refractivity contribution in [3.63, 3.8) is 0 Å². The molecule has 3 rings (SSSR count). The lowest BCUT2D eigenvalue weighted by atomic mass is 9.96. The molecule has 0 radical (unpaired) electrons. The largest absolute Gasteiger partial charge is 0.393 e. The summed E-state index contributed by atoms with van der Waals surface area (Å²) in [7, 11) is 0. The molecule has 0 atom stereocenters. The average molecular weight is 275 g/mol. The third-order valence-corrected chi connectivity index (χ3v) is 3.71. The Bertz CT molecular complexity index is 608. The van der Waals surface area contributed by atoms with E-state index in [1.165, 1.54) is 0 Å². The van der Waals surface area contributed by atoms with Crippen LogP contribution < -0.4 is 4.90 Å². The molecule has 1 fully saturated rings. The molecule has 0 unspecified atom stereocenters. The van der Waals surface area contributed by atoms with Gasteiger partial charge in [0, 0.05) is 18.5 Å². The van der Waals surface area contributed by atoms with E-state index in [4.69, 9.17) is 0 Å². The Labute approximate surface area is 118 Å². The highest BCUT2D eigenvalue weighted by atomic mass is 16.3. The van der Waals surface area contributed by atoms with Crippen molar-refractivity contribution >= 4 is 11.5 Å². The van der Waals surface area contributed by atoms with E-state index in [9.17, 15) is 5.11 Å². The van der Waals surface area contributed by atoms with Gasteiger partial charge in [-0.3, -0.25) is 0 Å². The minimum absolute atomic E-state index is 0.0941. The Kier molecular flexibility index (Phi) is 3.12. The lowest BCUT2D eigenvalue weighted by molar-refractivity contribution is 0.145. The van der Waals surface area contributed by atoms with Gasteiger partial charge in [-0.15, -0.1) is 15.3 Å². The lowest BCUT2D eigenvalue weighted by Crippen LogP contribution is -2.36. The van der Waals surface area contributed by atoms with Crippen LogP contribution in [0.25, 0.3) is 5.65 Å². The number of aromatic nitrogens is 4. The number of anilines is 1. The van der Waals surface area contributed by atoms with Gasteiger partial charge < -0.3 is 10.0 Å². The summed E-state index contributed by atoms with van der Waals surface area (Å²) >= 11 is 0. The van der Waals surface area contributed by atoms with Crippen LogP contribution in [0, 0.1) is 0 Å². The van der Waals surface area contributed by atoms with Crippen LogP contribution in [-0.2, 0) is 5.41 Å². The zero-order chi connectivity index (χ0) is 14.3. The van der Waals surface area contributed by atoms with Gasteiger partial charge in [-0.05, 0) is 25.0 Å². The number of hydrogen-bond donors (Lipinski definition) is 1. The zero-order valence-corrected chi connectivity index (χ0v) is 12.2. The predicted molar refractivity (Wildman–Crippen MR) is 76.9 cm³/mol. The number of rotatable bonds is 1. The third kappa shape index (κ3) is 2.35. The van der Waals surface area contributed by atoms with Crippen LogP contribution in [0.4, 0.5) is 5.82 Å². The van der Waals surface area contributed by atoms with Gasteiger partial charge in [0.2, 0.25) is 0 Å². The van der Waals surface area contributed by atoms with Gasteiger partial charge in [0.05, 0.1) is 6.10 Å². The standard InChI is InChI=1S/C14H21N5O/c1-14(2,3)13-16-15-11-4-5-12(17-19(11)13)18-8-6-10(20)7-9-18/h4-5,10,20H,6-9H2,1-3H3. The highest BCUT2D eigenvalue weighted by Crippen LogP contribution is 2.22. The molecule has 1 aliphatic heterocycles. The summed E-state index contributed by atoms with van der Waals surface area (Å²) in [4.78, 5) is 2.21. The second kappa shape index (κ2) is 4.70. The number of aliphatic hydroxyl groups is 1. The molecule has 6 nitrogen and oxygen atoms in total. The molecular formula is C14H21N5O. The number of fused-ring (bicyclic) bond motifs is 1. The first-order chi connectivity index (χ1) is 9.45. The monoisotopic (exact) mass is 275 g/mol. The molecule has 0 bridgehead atoms. The first kappa shape index (κ1) is 13.3. The summed E-state index contributed by atoms with van der Waals surface area (Å²) in [6.07, 6.45) is 1.43. The molecule has 108 valence electrons. The summed E-state index contributed by atoms with van der Waals surface area (Å²) in [5, 5.41) is 22.7. The van der Waals surface area contributed by atoms with E-state index in [1.54, 1.807) is 0 Å². The molecule has 1 aliphatic rings. The maximum Gasteiger partial charge on any atom is 0.178 e. The molecule has 0 aromatic carbocycles. The molecule has 1 N–H and O–H groups in total. The molecular weight excluding hydrogens is 254 g/mol. The molecule has 1 saturated heterocycles. The Hall–Kier alpha value is -1.69. The maximum absolute atomic E-state index is 9.59. The maximum atomic E-state index is 9.59. The molecule has 20 heavy (non-hydrogen) atoms. The van der Waals surface area contributed by atoms with Gasteiger partial charge in [-0.25, -0.2) is 0 Å². The van der Waals surface area contributed by atoms with Crippen molar-refractivity contribution in [2.24, 2.45) is 0 Å². The van der Waals surface area contributed by atoms with Crippen molar-refractivity contribution in [3.05, 3.63) is 18.0 Å². The van der Waals surface area contributed by atoms with Crippen LogP contribution in [0.2, 0.25) is 0 Å². The fraction of sp³-hybridized carbons (Fsp3) is 0.643. The van der Waals surface area contributed by atoms with Crippen molar-refractivity contribution in [1.82, 2.24) is 19.8 Å². The van der Waals surface area contributed by atoms with Gasteiger partial charge in [0.25, 0.3) is 0 Å². The van der Waals surface area contributed by atoms with E-state index in [0.29, 0.717) is 0 Å². The first-order valence-electron chi connectivity index (χ1n) is 7.11. The summed E-state index contributed by atoms with van der Waals surface area (Å²) in [5.74, 6) is 1.79. The van der Waals surface area contributed by atoms with Crippen molar-refractivity contribution in [2.75, 3.05) is 18.0 Å². The normalized spacial score (nSPS) is 17.9. The van der Waals surface area contributed by atoms with Crippen molar-refractivity contribution in [1.29, 1.82) is 0 Å². The van der Waals surface area contributed by atoms with Crippen molar-refractivity contribution in [2.45, 2.75) is 45.1 Å². The Morgan fingerprint density at radius 2 is 1.85 bits per heavy atom. The van der Waals surface area contributed by atoms with Crippen LogP contribution in [0.1, 0.15) is 39.4 Å². The highest BCUT2D eigenvalue weighted by Gasteiger charge is 2.23.